The monoisotopic (exact) mass is 366 g/mol. The van der Waals surface area contributed by atoms with E-state index in [-0.39, 0.29) is 24.6 Å². The van der Waals surface area contributed by atoms with E-state index < -0.39 is 0 Å². The maximum atomic E-state index is 12.4. The summed E-state index contributed by atoms with van der Waals surface area (Å²) in [5, 5.41) is 5.91. The van der Waals surface area contributed by atoms with E-state index in [1.165, 1.54) is 19.3 Å². The fourth-order valence-electron chi connectivity index (χ4n) is 3.47. The first-order valence-electron chi connectivity index (χ1n) is 9.31. The minimum absolute atomic E-state index is 0.0790. The first kappa shape index (κ1) is 17.4. The van der Waals surface area contributed by atoms with Crippen molar-refractivity contribution in [2.45, 2.75) is 38.1 Å². The molecule has 0 bridgehead atoms. The highest BCUT2D eigenvalue weighted by Gasteiger charge is 2.17. The maximum absolute atomic E-state index is 12.4. The van der Waals surface area contributed by atoms with Gasteiger partial charge in [-0.2, -0.15) is 0 Å². The van der Waals surface area contributed by atoms with Crippen LogP contribution in [-0.4, -0.2) is 24.6 Å². The quantitative estimate of drug-likeness (QED) is 0.864. The van der Waals surface area contributed by atoms with Crippen LogP contribution in [0.1, 0.15) is 52.8 Å². The molecule has 1 saturated carbocycles. The van der Waals surface area contributed by atoms with Crippen LogP contribution in [0.2, 0.25) is 0 Å². The Morgan fingerprint density at radius 2 is 1.48 bits per heavy atom. The van der Waals surface area contributed by atoms with E-state index in [0.29, 0.717) is 28.3 Å². The Morgan fingerprint density at radius 3 is 2.22 bits per heavy atom. The molecular formula is C21H22N2O4. The first-order valence-corrected chi connectivity index (χ1v) is 9.31. The van der Waals surface area contributed by atoms with Crippen molar-refractivity contribution in [3.8, 4) is 11.5 Å². The van der Waals surface area contributed by atoms with Gasteiger partial charge in [0.2, 0.25) is 6.79 Å². The lowest BCUT2D eigenvalue weighted by Crippen LogP contribution is -2.36. The Hall–Kier alpha value is -3.02. The summed E-state index contributed by atoms with van der Waals surface area (Å²) in [6.07, 6.45) is 5.68. The zero-order valence-corrected chi connectivity index (χ0v) is 15.0. The van der Waals surface area contributed by atoms with Gasteiger partial charge >= 0.3 is 0 Å². The third kappa shape index (κ3) is 4.05. The molecule has 0 unspecified atom stereocenters. The molecule has 0 saturated heterocycles. The predicted molar refractivity (Wildman–Crippen MR) is 101 cm³/mol. The van der Waals surface area contributed by atoms with E-state index in [0.717, 1.165) is 12.8 Å². The molecule has 6 nitrogen and oxygen atoms in total. The average Bonchev–Trinajstić information content (AvgIpc) is 3.16. The van der Waals surface area contributed by atoms with Gasteiger partial charge in [-0.3, -0.25) is 9.59 Å². The van der Waals surface area contributed by atoms with Gasteiger partial charge < -0.3 is 20.1 Å². The van der Waals surface area contributed by atoms with E-state index >= 15 is 0 Å². The van der Waals surface area contributed by atoms with Crippen LogP contribution < -0.4 is 20.1 Å². The molecule has 2 aromatic carbocycles. The summed E-state index contributed by atoms with van der Waals surface area (Å²) >= 11 is 0. The smallest absolute Gasteiger partial charge is 0.255 e. The first-order chi connectivity index (χ1) is 13.2. The van der Waals surface area contributed by atoms with Crippen molar-refractivity contribution < 1.29 is 19.1 Å². The molecule has 0 aromatic heterocycles. The number of hydrogen-bond donors (Lipinski definition) is 2. The van der Waals surface area contributed by atoms with Gasteiger partial charge in [-0.05, 0) is 49.2 Å². The zero-order valence-electron chi connectivity index (χ0n) is 15.0. The van der Waals surface area contributed by atoms with Crippen molar-refractivity contribution >= 4 is 17.5 Å². The van der Waals surface area contributed by atoms with Crippen LogP contribution in [0, 0.1) is 0 Å². The molecule has 2 aromatic rings. The standard InChI is InChI=1S/C21H22N2O4/c24-20(22-16-4-2-1-3-5-16)14-6-8-15(9-7-14)21(25)23-17-10-11-18-19(12-17)27-13-26-18/h6-12,16H,1-5,13H2,(H,22,24)(H,23,25). The second-order valence-electron chi connectivity index (χ2n) is 6.91. The van der Waals surface area contributed by atoms with Gasteiger partial charge in [-0.1, -0.05) is 19.3 Å². The highest BCUT2D eigenvalue weighted by atomic mass is 16.7. The summed E-state index contributed by atoms with van der Waals surface area (Å²) in [7, 11) is 0. The van der Waals surface area contributed by atoms with Gasteiger partial charge in [0.25, 0.3) is 11.8 Å². The number of nitrogens with one attached hydrogen (secondary N) is 2. The molecule has 4 rings (SSSR count). The molecule has 1 aliphatic heterocycles. The molecule has 1 fully saturated rings. The van der Waals surface area contributed by atoms with Gasteiger partial charge in [0.1, 0.15) is 0 Å². The molecule has 2 aliphatic rings. The molecule has 140 valence electrons. The number of ether oxygens (including phenoxy) is 2. The number of carbonyl (C=O) groups excluding carboxylic acids is 2. The summed E-state index contributed by atoms with van der Waals surface area (Å²) in [6.45, 7) is 0.192. The molecule has 0 atom stereocenters. The Labute approximate surface area is 157 Å². The highest BCUT2D eigenvalue weighted by molar-refractivity contribution is 6.05. The lowest BCUT2D eigenvalue weighted by atomic mass is 9.95. The fourth-order valence-corrected chi connectivity index (χ4v) is 3.47. The SMILES string of the molecule is O=C(Nc1ccc2c(c1)OCO2)c1ccc(C(=O)NC2CCCCC2)cc1. The summed E-state index contributed by atoms with van der Waals surface area (Å²) < 4.78 is 10.6. The molecule has 0 radical (unpaired) electrons. The number of anilines is 1. The summed E-state index contributed by atoms with van der Waals surface area (Å²) in [5.41, 5.74) is 1.69. The molecule has 1 heterocycles. The van der Waals surface area contributed by atoms with Crippen LogP contribution in [0.5, 0.6) is 11.5 Å². The lowest BCUT2D eigenvalue weighted by molar-refractivity contribution is 0.0926. The Bertz CT molecular complexity index is 842. The zero-order chi connectivity index (χ0) is 18.6. The van der Waals surface area contributed by atoms with E-state index in [1.54, 1.807) is 42.5 Å². The molecular weight excluding hydrogens is 344 g/mol. The fraction of sp³-hybridized carbons (Fsp3) is 0.333. The summed E-state index contributed by atoms with van der Waals surface area (Å²) in [6, 6.07) is 12.2. The molecule has 27 heavy (non-hydrogen) atoms. The lowest BCUT2D eigenvalue weighted by Gasteiger charge is -2.22. The number of amides is 2. The largest absolute Gasteiger partial charge is 0.454 e. The van der Waals surface area contributed by atoms with Gasteiger partial charge in [-0.25, -0.2) is 0 Å². The number of rotatable bonds is 4. The minimum atomic E-state index is -0.242. The normalized spacial score (nSPS) is 16.0. The van der Waals surface area contributed by atoms with Crippen molar-refractivity contribution in [3.05, 3.63) is 53.6 Å². The van der Waals surface area contributed by atoms with Gasteiger partial charge in [-0.15, -0.1) is 0 Å². The van der Waals surface area contributed by atoms with Crippen LogP contribution >= 0.6 is 0 Å². The number of fused-ring (bicyclic) bond motifs is 1. The third-order valence-corrected chi connectivity index (χ3v) is 4.98. The van der Waals surface area contributed by atoms with Crippen molar-refractivity contribution in [3.63, 3.8) is 0 Å². The van der Waals surface area contributed by atoms with Gasteiger partial charge in [0, 0.05) is 28.9 Å². The Morgan fingerprint density at radius 1 is 0.815 bits per heavy atom. The van der Waals surface area contributed by atoms with Crippen LogP contribution in [-0.2, 0) is 0 Å². The second-order valence-corrected chi connectivity index (χ2v) is 6.91. The van der Waals surface area contributed by atoms with Crippen molar-refractivity contribution in [2.24, 2.45) is 0 Å². The van der Waals surface area contributed by atoms with Crippen LogP contribution in [0.15, 0.2) is 42.5 Å². The summed E-state index contributed by atoms with van der Waals surface area (Å²) in [5.74, 6) is 0.960. The van der Waals surface area contributed by atoms with Crippen LogP contribution in [0.4, 0.5) is 5.69 Å². The number of benzene rings is 2. The number of hydrogen-bond acceptors (Lipinski definition) is 4. The van der Waals surface area contributed by atoms with Gasteiger partial charge in [0.15, 0.2) is 11.5 Å². The third-order valence-electron chi connectivity index (χ3n) is 4.98. The van der Waals surface area contributed by atoms with E-state index in [4.69, 9.17) is 9.47 Å². The highest BCUT2D eigenvalue weighted by Crippen LogP contribution is 2.34. The number of carbonyl (C=O) groups is 2. The molecule has 2 amide bonds. The van der Waals surface area contributed by atoms with E-state index in [9.17, 15) is 9.59 Å². The van der Waals surface area contributed by atoms with E-state index in [1.807, 2.05) is 0 Å². The summed E-state index contributed by atoms with van der Waals surface area (Å²) in [4.78, 5) is 24.8. The Balaban J connectivity index is 1.37. The molecule has 1 aliphatic carbocycles. The van der Waals surface area contributed by atoms with Gasteiger partial charge in [0.05, 0.1) is 0 Å². The molecule has 2 N–H and O–H groups in total. The Kier molecular flexibility index (Phi) is 4.96. The van der Waals surface area contributed by atoms with Crippen LogP contribution in [0.3, 0.4) is 0 Å². The minimum Gasteiger partial charge on any atom is -0.454 e. The van der Waals surface area contributed by atoms with Crippen molar-refractivity contribution in [1.82, 2.24) is 5.32 Å². The van der Waals surface area contributed by atoms with Crippen molar-refractivity contribution in [1.29, 1.82) is 0 Å². The van der Waals surface area contributed by atoms with Crippen molar-refractivity contribution in [2.75, 3.05) is 12.1 Å². The average molecular weight is 366 g/mol. The van der Waals surface area contributed by atoms with E-state index in [2.05, 4.69) is 10.6 Å². The topological polar surface area (TPSA) is 76.7 Å². The maximum Gasteiger partial charge on any atom is 0.255 e. The second kappa shape index (κ2) is 7.70. The van der Waals surface area contributed by atoms with Crippen LogP contribution in [0.25, 0.3) is 0 Å². The molecule has 0 spiro atoms. The predicted octanol–water partition coefficient (Wildman–Crippen LogP) is 3.73. The molecule has 6 heteroatoms.